The van der Waals surface area contributed by atoms with Crippen LogP contribution < -0.4 is 9.47 Å². The molecule has 0 spiro atoms. The molecule has 21 heavy (non-hydrogen) atoms. The molecule has 116 valence electrons. The van der Waals surface area contributed by atoms with Gasteiger partial charge in [-0.15, -0.1) is 0 Å². The number of rotatable bonds is 5. The molecule has 1 aromatic carbocycles. The molecule has 2 atom stereocenters. The van der Waals surface area contributed by atoms with E-state index < -0.39 is 17.5 Å². The summed E-state index contributed by atoms with van der Waals surface area (Å²) in [7, 11) is 0. The molecule has 1 aliphatic heterocycles. The van der Waals surface area contributed by atoms with Crippen molar-refractivity contribution in [1.82, 2.24) is 0 Å². The Bertz CT molecular complexity index is 543. The van der Waals surface area contributed by atoms with Gasteiger partial charge >= 0.3 is 5.97 Å². The van der Waals surface area contributed by atoms with Crippen molar-refractivity contribution in [2.24, 2.45) is 0 Å². The molecule has 0 radical (unpaired) electrons. The van der Waals surface area contributed by atoms with Crippen LogP contribution in [0, 0.1) is 0 Å². The van der Waals surface area contributed by atoms with Crippen LogP contribution in [0.4, 0.5) is 0 Å². The second-order valence-corrected chi connectivity index (χ2v) is 4.93. The van der Waals surface area contributed by atoms with E-state index in [1.165, 1.54) is 12.1 Å². The van der Waals surface area contributed by atoms with Gasteiger partial charge in [-0.05, 0) is 32.0 Å². The molecule has 0 aliphatic carbocycles. The predicted molar refractivity (Wildman–Crippen MR) is 74.7 cm³/mol. The first-order valence-corrected chi connectivity index (χ1v) is 6.88. The zero-order valence-electron chi connectivity index (χ0n) is 12.6. The molecule has 1 unspecified atom stereocenters. The fourth-order valence-corrected chi connectivity index (χ4v) is 2.28. The highest BCUT2D eigenvalue weighted by Crippen LogP contribution is 2.44. The van der Waals surface area contributed by atoms with E-state index >= 15 is 0 Å². The third kappa shape index (κ3) is 2.69. The summed E-state index contributed by atoms with van der Waals surface area (Å²) in [5.41, 5.74) is 0.121. The average Bonchev–Trinajstić information content (AvgIpc) is 2.40. The summed E-state index contributed by atoms with van der Waals surface area (Å²) in [5.74, 6) is -2.59. The molecule has 1 heterocycles. The second-order valence-electron chi connectivity index (χ2n) is 4.93. The summed E-state index contributed by atoms with van der Waals surface area (Å²) in [6, 6.07) is 4.43. The van der Waals surface area contributed by atoms with Gasteiger partial charge in [0.05, 0.1) is 5.56 Å². The Morgan fingerprint density at radius 2 is 1.62 bits per heavy atom. The summed E-state index contributed by atoms with van der Waals surface area (Å²) < 4.78 is 23.1. The van der Waals surface area contributed by atoms with Gasteiger partial charge < -0.3 is 24.1 Å². The van der Waals surface area contributed by atoms with Gasteiger partial charge in [0.15, 0.2) is 11.5 Å². The fraction of sp³-hybridized carbons (Fsp3) is 0.533. The number of carbonyl (C=O) groups is 1. The molecule has 0 bridgehead atoms. The third-order valence-corrected chi connectivity index (χ3v) is 3.46. The van der Waals surface area contributed by atoms with Gasteiger partial charge in [0.2, 0.25) is 0 Å². The van der Waals surface area contributed by atoms with Gasteiger partial charge in [0.25, 0.3) is 11.6 Å². The first-order valence-electron chi connectivity index (χ1n) is 6.88. The van der Waals surface area contributed by atoms with E-state index in [0.717, 1.165) is 0 Å². The van der Waals surface area contributed by atoms with Crippen molar-refractivity contribution in [3.63, 3.8) is 0 Å². The first kappa shape index (κ1) is 15.6. The minimum absolute atomic E-state index is 0.121. The van der Waals surface area contributed by atoms with E-state index in [9.17, 15) is 4.79 Å². The van der Waals surface area contributed by atoms with Crippen LogP contribution in [0.1, 0.15) is 38.1 Å². The largest absolute Gasteiger partial charge is 0.478 e. The van der Waals surface area contributed by atoms with Gasteiger partial charge in [-0.2, -0.15) is 0 Å². The molecule has 1 N–H and O–H groups in total. The standard InChI is InChI=1S/C15H20O6/c1-5-18-14(3)15(4,19-6-2)21-12-9-10(13(16)17)7-8-11(12)20-14/h7-9H,5-6H2,1-4H3,(H,16,17)/t14?,15-/m1/s1. The molecule has 2 rings (SSSR count). The van der Waals surface area contributed by atoms with E-state index in [-0.39, 0.29) is 5.56 Å². The van der Waals surface area contributed by atoms with E-state index in [1.54, 1.807) is 19.9 Å². The summed E-state index contributed by atoms with van der Waals surface area (Å²) in [6.07, 6.45) is 0. The zero-order chi connectivity index (χ0) is 15.7. The van der Waals surface area contributed by atoms with Gasteiger partial charge in [-0.25, -0.2) is 4.79 Å². The number of hydrogen-bond acceptors (Lipinski definition) is 5. The van der Waals surface area contributed by atoms with Crippen LogP contribution in [0.25, 0.3) is 0 Å². The highest BCUT2D eigenvalue weighted by Gasteiger charge is 2.55. The Labute approximate surface area is 123 Å². The number of ether oxygens (including phenoxy) is 4. The van der Waals surface area contributed by atoms with Crippen molar-refractivity contribution < 1.29 is 28.8 Å². The highest BCUT2D eigenvalue weighted by molar-refractivity contribution is 5.88. The summed E-state index contributed by atoms with van der Waals surface area (Å²) in [6.45, 7) is 7.96. The quantitative estimate of drug-likeness (QED) is 0.900. The Morgan fingerprint density at radius 1 is 1.10 bits per heavy atom. The second kappa shape index (κ2) is 5.54. The van der Waals surface area contributed by atoms with Gasteiger partial charge in [-0.1, -0.05) is 0 Å². The molecule has 0 saturated carbocycles. The molecule has 1 aromatic rings. The lowest BCUT2D eigenvalue weighted by atomic mass is 10.1. The molecule has 0 fully saturated rings. The highest BCUT2D eigenvalue weighted by atomic mass is 16.8. The topological polar surface area (TPSA) is 74.2 Å². The van der Waals surface area contributed by atoms with Gasteiger partial charge in [0.1, 0.15) is 0 Å². The van der Waals surface area contributed by atoms with E-state index in [2.05, 4.69) is 0 Å². The number of benzene rings is 1. The Kier molecular flexibility index (Phi) is 4.11. The first-order chi connectivity index (χ1) is 9.85. The van der Waals surface area contributed by atoms with Crippen molar-refractivity contribution in [2.75, 3.05) is 13.2 Å². The van der Waals surface area contributed by atoms with E-state index in [4.69, 9.17) is 24.1 Å². The van der Waals surface area contributed by atoms with Crippen molar-refractivity contribution in [2.45, 2.75) is 39.3 Å². The number of fused-ring (bicyclic) bond motifs is 1. The Balaban J connectivity index is 2.44. The van der Waals surface area contributed by atoms with Crippen LogP contribution in [0.5, 0.6) is 11.5 Å². The lowest BCUT2D eigenvalue weighted by molar-refractivity contribution is -0.357. The molecule has 1 aliphatic rings. The van der Waals surface area contributed by atoms with E-state index in [1.807, 2.05) is 13.8 Å². The Morgan fingerprint density at radius 3 is 2.10 bits per heavy atom. The molecule has 0 aromatic heterocycles. The zero-order valence-corrected chi connectivity index (χ0v) is 12.6. The van der Waals surface area contributed by atoms with Crippen molar-refractivity contribution in [3.8, 4) is 11.5 Å². The molecule has 0 amide bonds. The van der Waals surface area contributed by atoms with Crippen LogP contribution in [0.3, 0.4) is 0 Å². The van der Waals surface area contributed by atoms with Gasteiger partial charge in [0, 0.05) is 27.1 Å². The van der Waals surface area contributed by atoms with Crippen LogP contribution in [-0.2, 0) is 9.47 Å². The minimum atomic E-state index is -1.18. The summed E-state index contributed by atoms with van der Waals surface area (Å²) >= 11 is 0. The number of carboxylic acid groups (broad SMARTS) is 1. The normalized spacial score (nSPS) is 27.4. The summed E-state index contributed by atoms with van der Waals surface area (Å²) in [5, 5.41) is 9.05. The van der Waals surface area contributed by atoms with Crippen LogP contribution in [0.2, 0.25) is 0 Å². The minimum Gasteiger partial charge on any atom is -0.478 e. The van der Waals surface area contributed by atoms with Crippen molar-refractivity contribution in [1.29, 1.82) is 0 Å². The van der Waals surface area contributed by atoms with Crippen molar-refractivity contribution in [3.05, 3.63) is 23.8 Å². The average molecular weight is 296 g/mol. The molecular weight excluding hydrogens is 276 g/mol. The van der Waals surface area contributed by atoms with Crippen molar-refractivity contribution >= 4 is 5.97 Å². The SMILES string of the molecule is CCOC1(C)Oc2ccc(C(=O)O)cc2O[C@@]1(C)OCC. The smallest absolute Gasteiger partial charge is 0.335 e. The molecule has 6 heteroatoms. The molecular formula is C15H20O6. The number of aromatic carboxylic acids is 1. The van der Waals surface area contributed by atoms with Crippen LogP contribution in [0.15, 0.2) is 18.2 Å². The third-order valence-electron chi connectivity index (χ3n) is 3.46. The fourth-order valence-electron chi connectivity index (χ4n) is 2.28. The number of hydrogen-bond donors (Lipinski definition) is 1. The van der Waals surface area contributed by atoms with Crippen LogP contribution in [-0.4, -0.2) is 35.9 Å². The maximum absolute atomic E-state index is 11.1. The van der Waals surface area contributed by atoms with Crippen LogP contribution >= 0.6 is 0 Å². The maximum Gasteiger partial charge on any atom is 0.335 e. The maximum atomic E-state index is 11.1. The molecule has 0 saturated heterocycles. The lowest BCUT2D eigenvalue weighted by Crippen LogP contribution is -2.63. The summed E-state index contributed by atoms with van der Waals surface area (Å²) in [4.78, 5) is 11.1. The van der Waals surface area contributed by atoms with Gasteiger partial charge in [-0.3, -0.25) is 0 Å². The monoisotopic (exact) mass is 296 g/mol. The van der Waals surface area contributed by atoms with E-state index in [0.29, 0.717) is 24.7 Å². The Hall–Kier alpha value is -1.79. The lowest BCUT2D eigenvalue weighted by Gasteiger charge is -2.47. The number of carboxylic acids is 1. The predicted octanol–water partition coefficient (Wildman–Crippen LogP) is 2.66. The molecule has 6 nitrogen and oxygen atoms in total.